The third kappa shape index (κ3) is 2.09. The number of Topliss-reactive ketones (excluding diaryl/α,β-unsaturated/α-hetero) is 1. The summed E-state index contributed by atoms with van der Waals surface area (Å²) in [5.41, 5.74) is 0.670. The molecule has 3 heteroatoms. The van der Waals surface area contributed by atoms with Gasteiger partial charge in [-0.05, 0) is 0 Å². The first-order valence-electron chi connectivity index (χ1n) is 3.18. The number of rotatable bonds is 2. The first-order valence-corrected chi connectivity index (χ1v) is 4.89. The van der Waals surface area contributed by atoms with Crippen molar-refractivity contribution in [2.75, 3.05) is 0 Å². The van der Waals surface area contributed by atoms with Gasteiger partial charge in [0, 0.05) is 0 Å². The summed E-state index contributed by atoms with van der Waals surface area (Å²) in [6.07, 6.45) is 0. The van der Waals surface area contributed by atoms with E-state index < -0.39 is 15.7 Å². The van der Waals surface area contributed by atoms with E-state index in [0.29, 0.717) is 5.56 Å². The number of hydrogen-bond acceptors (Lipinski definition) is 2. The van der Waals surface area contributed by atoms with Crippen molar-refractivity contribution in [2.24, 2.45) is 0 Å². The van der Waals surface area contributed by atoms with Gasteiger partial charge in [-0.15, -0.1) is 0 Å². The Morgan fingerprint density at radius 1 is 1.27 bits per heavy atom. The van der Waals surface area contributed by atoms with Crippen molar-refractivity contribution in [1.29, 1.82) is 0 Å². The van der Waals surface area contributed by atoms with Crippen molar-refractivity contribution >= 4 is 25.8 Å². The average molecular weight is 210 g/mol. The van der Waals surface area contributed by atoms with Crippen LogP contribution in [0, 0.1) is 0 Å². The molecule has 2 nitrogen and oxygen atoms in total. The van der Waals surface area contributed by atoms with Crippen molar-refractivity contribution in [3.63, 3.8) is 0 Å². The van der Waals surface area contributed by atoms with E-state index in [2.05, 4.69) is 0 Å². The Labute approximate surface area is 71.5 Å². The van der Waals surface area contributed by atoms with Gasteiger partial charge in [0.2, 0.25) is 0 Å². The van der Waals surface area contributed by atoms with E-state index in [-0.39, 0.29) is 5.78 Å². The molecular formula is C8H7AsO2. The second-order valence-corrected chi connectivity index (χ2v) is 3.66. The van der Waals surface area contributed by atoms with Gasteiger partial charge in [-0.1, -0.05) is 0 Å². The molecule has 1 aromatic rings. The summed E-state index contributed by atoms with van der Waals surface area (Å²) in [7, 11) is 0. The Hall–Kier alpha value is -0.752. The third-order valence-corrected chi connectivity index (χ3v) is 2.45. The molecule has 1 aromatic carbocycles. The monoisotopic (exact) mass is 210 g/mol. The van der Waals surface area contributed by atoms with Crippen LogP contribution in [0.15, 0.2) is 24.3 Å². The molecule has 0 amide bonds. The molecule has 0 N–H and O–H groups in total. The minimum atomic E-state index is -0.957. The molecule has 0 aliphatic rings. The predicted molar refractivity (Wildman–Crippen MR) is 42.5 cm³/mol. The van der Waals surface area contributed by atoms with Crippen molar-refractivity contribution in [2.45, 2.75) is 6.92 Å². The normalized spacial score (nSPS) is 9.91. The van der Waals surface area contributed by atoms with Crippen LogP contribution in [0.3, 0.4) is 0 Å². The van der Waals surface area contributed by atoms with Gasteiger partial charge in [0.1, 0.15) is 0 Å². The SMILES string of the molecule is CC(=O)c1ccc([As]=O)cc1. The van der Waals surface area contributed by atoms with Crippen LogP contribution in [0.1, 0.15) is 17.3 Å². The van der Waals surface area contributed by atoms with E-state index in [1.165, 1.54) is 6.92 Å². The van der Waals surface area contributed by atoms with Crippen molar-refractivity contribution < 1.29 is 8.53 Å². The first-order chi connectivity index (χ1) is 5.24. The number of benzene rings is 1. The molecule has 0 spiro atoms. The number of hydrogen-bond donors (Lipinski definition) is 0. The Morgan fingerprint density at radius 2 is 1.82 bits per heavy atom. The zero-order chi connectivity index (χ0) is 8.27. The number of carbonyl (C=O) groups excluding carboxylic acids is 1. The maximum atomic E-state index is 10.8. The molecule has 1 rings (SSSR count). The number of ketones is 1. The van der Waals surface area contributed by atoms with Crippen molar-refractivity contribution in [3.05, 3.63) is 29.8 Å². The molecule has 0 fully saturated rings. The fraction of sp³-hybridized carbons (Fsp3) is 0.125. The summed E-state index contributed by atoms with van der Waals surface area (Å²) in [4.78, 5) is 10.8. The predicted octanol–water partition coefficient (Wildman–Crippen LogP) is 0.564. The van der Waals surface area contributed by atoms with E-state index in [9.17, 15) is 8.53 Å². The summed E-state index contributed by atoms with van der Waals surface area (Å²) in [5.74, 6) is 0.0405. The third-order valence-electron chi connectivity index (χ3n) is 1.38. The van der Waals surface area contributed by atoms with Crippen molar-refractivity contribution in [3.8, 4) is 0 Å². The number of carbonyl (C=O) groups is 1. The van der Waals surface area contributed by atoms with Gasteiger partial charge < -0.3 is 0 Å². The summed E-state index contributed by atoms with van der Waals surface area (Å²) in [6.45, 7) is 1.51. The molecule has 0 radical (unpaired) electrons. The first kappa shape index (κ1) is 8.35. The van der Waals surface area contributed by atoms with Crippen LogP contribution in [0.25, 0.3) is 0 Å². The Bertz CT molecular complexity index is 277. The van der Waals surface area contributed by atoms with Gasteiger partial charge in [0.05, 0.1) is 0 Å². The van der Waals surface area contributed by atoms with Crippen LogP contribution in [0.4, 0.5) is 0 Å². The molecule has 11 heavy (non-hydrogen) atoms. The molecule has 0 heterocycles. The summed E-state index contributed by atoms with van der Waals surface area (Å²) in [5, 5.41) is 0. The molecule has 0 aliphatic heterocycles. The summed E-state index contributed by atoms with van der Waals surface area (Å²) >= 11 is -0.957. The topological polar surface area (TPSA) is 34.1 Å². The molecule has 0 unspecified atom stereocenters. The zero-order valence-corrected chi connectivity index (χ0v) is 7.95. The summed E-state index contributed by atoms with van der Waals surface area (Å²) < 4.78 is 11.2. The van der Waals surface area contributed by atoms with Gasteiger partial charge in [-0.25, -0.2) is 0 Å². The van der Waals surface area contributed by atoms with Gasteiger partial charge in [0.25, 0.3) is 0 Å². The summed E-state index contributed by atoms with van der Waals surface area (Å²) in [6, 6.07) is 6.85. The van der Waals surface area contributed by atoms with Crippen LogP contribution >= 0.6 is 0 Å². The van der Waals surface area contributed by atoms with E-state index >= 15 is 0 Å². The second kappa shape index (κ2) is 3.58. The Morgan fingerprint density at radius 3 is 2.18 bits per heavy atom. The minimum absolute atomic E-state index is 0.0405. The Kier molecular flexibility index (Phi) is 2.72. The molecule has 0 atom stereocenters. The Balaban J connectivity index is 3.00. The van der Waals surface area contributed by atoms with E-state index in [0.717, 1.165) is 4.35 Å². The van der Waals surface area contributed by atoms with E-state index in [1.54, 1.807) is 24.3 Å². The van der Waals surface area contributed by atoms with Gasteiger partial charge >= 0.3 is 71.1 Å². The molecule has 0 saturated heterocycles. The average Bonchev–Trinajstić information content (AvgIpc) is 2.05. The van der Waals surface area contributed by atoms with Gasteiger partial charge in [-0.3, -0.25) is 0 Å². The van der Waals surface area contributed by atoms with Crippen molar-refractivity contribution in [1.82, 2.24) is 0 Å². The molecule has 0 saturated carbocycles. The standard InChI is InChI=1S/C8H7AsO2/c1-6(10)7-2-4-8(9-11)5-3-7/h2-5H,1H3. The second-order valence-electron chi connectivity index (χ2n) is 2.19. The molecule has 56 valence electrons. The van der Waals surface area contributed by atoms with Crippen LogP contribution in [-0.2, 0) is 3.74 Å². The molecule has 0 bridgehead atoms. The van der Waals surface area contributed by atoms with E-state index in [1.807, 2.05) is 0 Å². The molecular weight excluding hydrogens is 203 g/mol. The quantitative estimate of drug-likeness (QED) is 0.528. The fourth-order valence-corrected chi connectivity index (χ4v) is 1.33. The van der Waals surface area contributed by atoms with Gasteiger partial charge in [0.15, 0.2) is 0 Å². The molecule has 0 aromatic heterocycles. The van der Waals surface area contributed by atoms with Crippen LogP contribution in [-0.4, -0.2) is 21.5 Å². The molecule has 0 aliphatic carbocycles. The van der Waals surface area contributed by atoms with Crippen LogP contribution < -0.4 is 4.35 Å². The van der Waals surface area contributed by atoms with Gasteiger partial charge in [-0.2, -0.15) is 0 Å². The maximum absolute atomic E-state index is 10.8. The zero-order valence-electron chi connectivity index (χ0n) is 6.07. The van der Waals surface area contributed by atoms with Crippen LogP contribution in [0.2, 0.25) is 0 Å². The van der Waals surface area contributed by atoms with Crippen LogP contribution in [0.5, 0.6) is 0 Å². The fourth-order valence-electron chi connectivity index (χ4n) is 0.757. The van der Waals surface area contributed by atoms with E-state index in [4.69, 9.17) is 0 Å².